The van der Waals surface area contributed by atoms with E-state index in [1.807, 2.05) is 18.2 Å². The third kappa shape index (κ3) is 4.05. The molecule has 1 aliphatic rings. The quantitative estimate of drug-likeness (QED) is 0.794. The average molecular weight is 351 g/mol. The van der Waals surface area contributed by atoms with Gasteiger partial charge in [0.05, 0.1) is 10.0 Å². The summed E-state index contributed by atoms with van der Waals surface area (Å²) in [5, 5.41) is 3.53. The first-order valence-corrected chi connectivity index (χ1v) is 8.25. The van der Waals surface area contributed by atoms with E-state index >= 15 is 0 Å². The smallest absolute Gasteiger partial charge is 0.206 e. The molecule has 2 atom stereocenters. The number of rotatable bonds is 2. The van der Waals surface area contributed by atoms with Gasteiger partial charge in [-0.3, -0.25) is 4.79 Å². The Kier molecular flexibility index (Phi) is 6.46. The molecule has 0 spiro atoms. The highest BCUT2D eigenvalue weighted by Gasteiger charge is 2.27. The molecule has 0 aliphatic heterocycles. The molecule has 3 nitrogen and oxygen atoms in total. The molecule has 3 N–H and O–H groups in total. The van der Waals surface area contributed by atoms with Gasteiger partial charge in [-0.15, -0.1) is 0 Å². The molecule has 1 aliphatic carbocycles. The van der Waals surface area contributed by atoms with Gasteiger partial charge in [-0.1, -0.05) is 59.6 Å². The van der Waals surface area contributed by atoms with Crippen LogP contribution >= 0.6 is 23.2 Å². The van der Waals surface area contributed by atoms with Crippen molar-refractivity contribution in [1.29, 1.82) is 0 Å². The van der Waals surface area contributed by atoms with Crippen molar-refractivity contribution in [1.82, 2.24) is 5.32 Å². The van der Waals surface area contributed by atoms with Crippen molar-refractivity contribution in [2.24, 2.45) is 5.73 Å². The van der Waals surface area contributed by atoms with Crippen LogP contribution in [0.1, 0.15) is 41.5 Å². The molecule has 23 heavy (non-hydrogen) atoms. The predicted octanol–water partition coefficient (Wildman–Crippen LogP) is 4.28. The molecule has 5 heteroatoms. The first-order valence-electron chi connectivity index (χ1n) is 7.49. The number of nitrogens with two attached hydrogens (primary N) is 1. The molecule has 0 bridgehead atoms. The standard InChI is InChI=1S/C16H15Cl2N.C2H5NO/c17-14-7-3-6-13(16(14)18)11-8-9-15(19)12-5-2-1-4-10(11)12;1-3-2-4/h1-7,11,15H,8-9,19H2;2H,1H3,(H,3,4). The minimum absolute atomic E-state index is 0.130. The van der Waals surface area contributed by atoms with Crippen molar-refractivity contribution in [2.45, 2.75) is 24.8 Å². The molecule has 0 saturated carbocycles. The molecule has 0 fully saturated rings. The summed E-state index contributed by atoms with van der Waals surface area (Å²) in [5.41, 5.74) is 9.81. The molecule has 1 amide bonds. The number of fused-ring (bicyclic) bond motifs is 1. The summed E-state index contributed by atoms with van der Waals surface area (Å²) in [7, 11) is 1.56. The first-order chi connectivity index (χ1) is 11.1. The minimum Gasteiger partial charge on any atom is -0.362 e. The fourth-order valence-corrected chi connectivity index (χ4v) is 3.38. The van der Waals surface area contributed by atoms with Gasteiger partial charge >= 0.3 is 0 Å². The fourth-order valence-electron chi connectivity index (χ4n) is 2.94. The van der Waals surface area contributed by atoms with E-state index in [9.17, 15) is 0 Å². The number of benzene rings is 2. The van der Waals surface area contributed by atoms with Crippen molar-refractivity contribution < 1.29 is 4.79 Å². The van der Waals surface area contributed by atoms with Crippen LogP contribution in [0, 0.1) is 0 Å². The lowest BCUT2D eigenvalue weighted by Crippen LogP contribution is -2.21. The zero-order chi connectivity index (χ0) is 16.8. The third-order valence-electron chi connectivity index (χ3n) is 4.01. The van der Waals surface area contributed by atoms with E-state index in [0.29, 0.717) is 22.4 Å². The Morgan fingerprint density at radius 1 is 1.04 bits per heavy atom. The lowest BCUT2D eigenvalue weighted by atomic mass is 9.77. The van der Waals surface area contributed by atoms with Gasteiger partial charge in [-0.2, -0.15) is 0 Å². The maximum Gasteiger partial charge on any atom is 0.206 e. The highest BCUT2D eigenvalue weighted by molar-refractivity contribution is 6.42. The predicted molar refractivity (Wildman–Crippen MR) is 96.0 cm³/mol. The molecule has 2 aromatic rings. The van der Waals surface area contributed by atoms with Crippen LogP contribution in [0.15, 0.2) is 42.5 Å². The number of carbonyl (C=O) groups is 1. The van der Waals surface area contributed by atoms with Gasteiger partial charge in [-0.05, 0) is 35.6 Å². The summed E-state index contributed by atoms with van der Waals surface area (Å²) >= 11 is 12.5. The monoisotopic (exact) mass is 350 g/mol. The van der Waals surface area contributed by atoms with Crippen molar-refractivity contribution in [3.63, 3.8) is 0 Å². The van der Waals surface area contributed by atoms with Gasteiger partial charge in [0.15, 0.2) is 0 Å². The third-order valence-corrected chi connectivity index (χ3v) is 4.85. The topological polar surface area (TPSA) is 55.1 Å². The molecule has 0 radical (unpaired) electrons. The first kappa shape index (κ1) is 17.8. The fraction of sp³-hybridized carbons (Fsp3) is 0.278. The normalized spacial score (nSPS) is 19.1. The van der Waals surface area contributed by atoms with E-state index in [0.717, 1.165) is 18.4 Å². The lowest BCUT2D eigenvalue weighted by Gasteiger charge is -2.30. The van der Waals surface area contributed by atoms with Gasteiger partial charge in [0.1, 0.15) is 0 Å². The summed E-state index contributed by atoms with van der Waals surface area (Å²) in [5.74, 6) is 0.294. The second-order valence-electron chi connectivity index (χ2n) is 5.41. The van der Waals surface area contributed by atoms with Crippen LogP contribution < -0.4 is 11.1 Å². The Labute approximate surface area is 146 Å². The Balaban J connectivity index is 0.000000433. The number of halogens is 2. The SMILES string of the molecule is CNC=O.NC1CCC(c2cccc(Cl)c2Cl)c2ccccc21. The zero-order valence-corrected chi connectivity index (χ0v) is 14.4. The number of hydrogen-bond acceptors (Lipinski definition) is 2. The van der Waals surface area contributed by atoms with Crippen molar-refractivity contribution in [2.75, 3.05) is 7.05 Å². The van der Waals surface area contributed by atoms with Gasteiger partial charge in [-0.25, -0.2) is 0 Å². The van der Waals surface area contributed by atoms with E-state index in [4.69, 9.17) is 33.7 Å². The van der Waals surface area contributed by atoms with Crippen LogP contribution in [0.3, 0.4) is 0 Å². The van der Waals surface area contributed by atoms with Gasteiger partial charge in [0.2, 0.25) is 6.41 Å². The van der Waals surface area contributed by atoms with Crippen molar-refractivity contribution in [3.05, 3.63) is 69.2 Å². The number of hydrogen-bond donors (Lipinski definition) is 2. The summed E-state index contributed by atoms with van der Waals surface area (Å²) < 4.78 is 0. The molecule has 0 heterocycles. The number of amides is 1. The molecule has 0 aromatic heterocycles. The lowest BCUT2D eigenvalue weighted by molar-refractivity contribution is -0.109. The highest BCUT2D eigenvalue weighted by atomic mass is 35.5. The minimum atomic E-state index is 0.130. The summed E-state index contributed by atoms with van der Waals surface area (Å²) in [6.45, 7) is 0. The summed E-state index contributed by atoms with van der Waals surface area (Å²) in [6.07, 6.45) is 2.61. The molecule has 122 valence electrons. The average Bonchev–Trinajstić information content (AvgIpc) is 2.59. The maximum atomic E-state index is 9.06. The van der Waals surface area contributed by atoms with Gasteiger partial charge < -0.3 is 11.1 Å². The maximum absolute atomic E-state index is 9.06. The molecule has 0 saturated heterocycles. The Morgan fingerprint density at radius 3 is 2.30 bits per heavy atom. The van der Waals surface area contributed by atoms with E-state index in [2.05, 4.69) is 29.6 Å². The van der Waals surface area contributed by atoms with Crippen LogP contribution in [-0.4, -0.2) is 13.5 Å². The van der Waals surface area contributed by atoms with Crippen LogP contribution in [0.2, 0.25) is 10.0 Å². The van der Waals surface area contributed by atoms with Crippen LogP contribution in [0.25, 0.3) is 0 Å². The molecule has 2 aromatic carbocycles. The summed E-state index contributed by atoms with van der Waals surface area (Å²) in [4.78, 5) is 9.06. The van der Waals surface area contributed by atoms with Gasteiger partial charge in [0.25, 0.3) is 0 Å². The van der Waals surface area contributed by atoms with Crippen LogP contribution in [-0.2, 0) is 4.79 Å². The highest BCUT2D eigenvalue weighted by Crippen LogP contribution is 2.43. The van der Waals surface area contributed by atoms with E-state index < -0.39 is 0 Å². The second kappa shape index (κ2) is 8.34. The summed E-state index contributed by atoms with van der Waals surface area (Å²) in [6, 6.07) is 14.3. The van der Waals surface area contributed by atoms with E-state index in [1.165, 1.54) is 11.1 Å². The van der Waals surface area contributed by atoms with Crippen molar-refractivity contribution >= 4 is 29.6 Å². The van der Waals surface area contributed by atoms with Crippen LogP contribution in [0.5, 0.6) is 0 Å². The number of nitrogens with one attached hydrogen (secondary N) is 1. The second-order valence-corrected chi connectivity index (χ2v) is 6.20. The van der Waals surface area contributed by atoms with Crippen molar-refractivity contribution in [3.8, 4) is 0 Å². The molecular formula is C18H20Cl2N2O. The number of carbonyl (C=O) groups excluding carboxylic acids is 1. The Bertz CT molecular complexity index is 676. The largest absolute Gasteiger partial charge is 0.362 e. The van der Waals surface area contributed by atoms with Gasteiger partial charge in [0, 0.05) is 19.0 Å². The van der Waals surface area contributed by atoms with E-state index in [1.54, 1.807) is 7.05 Å². The molecular weight excluding hydrogens is 331 g/mol. The Hall–Kier alpha value is -1.55. The Morgan fingerprint density at radius 2 is 1.65 bits per heavy atom. The van der Waals surface area contributed by atoms with Crippen LogP contribution in [0.4, 0.5) is 0 Å². The molecule has 2 unspecified atom stereocenters. The zero-order valence-electron chi connectivity index (χ0n) is 12.9. The molecule has 3 rings (SSSR count). The van der Waals surface area contributed by atoms with E-state index in [-0.39, 0.29) is 6.04 Å².